The van der Waals surface area contributed by atoms with Crippen LogP contribution in [0, 0.1) is 0 Å². The van der Waals surface area contributed by atoms with Crippen LogP contribution in [0.3, 0.4) is 0 Å². The SMILES string of the molecule is Cl.NC(=O)c1oc2ccc(Br)cc2c1NC(=O)C1CCCCN1. The van der Waals surface area contributed by atoms with Gasteiger partial charge in [-0.2, -0.15) is 0 Å². The molecule has 8 heteroatoms. The largest absolute Gasteiger partial charge is 0.449 e. The molecule has 0 aliphatic carbocycles. The molecule has 1 aliphatic heterocycles. The molecule has 2 amide bonds. The van der Waals surface area contributed by atoms with Crippen LogP contribution in [0.15, 0.2) is 27.1 Å². The van der Waals surface area contributed by atoms with E-state index in [0.717, 1.165) is 30.3 Å². The highest BCUT2D eigenvalue weighted by Gasteiger charge is 2.25. The predicted molar refractivity (Wildman–Crippen MR) is 94.0 cm³/mol. The number of hydrogen-bond donors (Lipinski definition) is 3. The third-order valence-corrected chi connectivity index (χ3v) is 4.24. The molecule has 0 saturated carbocycles. The van der Waals surface area contributed by atoms with Gasteiger partial charge in [0.15, 0.2) is 0 Å². The number of primary amides is 1. The summed E-state index contributed by atoms with van der Waals surface area (Å²) >= 11 is 3.37. The zero-order valence-corrected chi connectivity index (χ0v) is 14.6. The fourth-order valence-electron chi connectivity index (χ4n) is 2.65. The number of rotatable bonds is 3. The van der Waals surface area contributed by atoms with Crippen LogP contribution in [0.4, 0.5) is 5.69 Å². The molecule has 124 valence electrons. The molecule has 1 saturated heterocycles. The Hall–Kier alpha value is -1.57. The van der Waals surface area contributed by atoms with Gasteiger partial charge >= 0.3 is 0 Å². The van der Waals surface area contributed by atoms with Crippen LogP contribution in [0.5, 0.6) is 0 Å². The molecule has 1 unspecified atom stereocenters. The molecule has 1 aliphatic rings. The van der Waals surface area contributed by atoms with E-state index in [1.165, 1.54) is 0 Å². The molecule has 6 nitrogen and oxygen atoms in total. The maximum absolute atomic E-state index is 12.4. The van der Waals surface area contributed by atoms with E-state index in [-0.39, 0.29) is 30.1 Å². The van der Waals surface area contributed by atoms with Crippen molar-refractivity contribution >= 4 is 56.8 Å². The molecule has 3 rings (SSSR count). The van der Waals surface area contributed by atoms with E-state index in [0.29, 0.717) is 16.7 Å². The number of halogens is 2. The average Bonchev–Trinajstić information content (AvgIpc) is 2.86. The maximum atomic E-state index is 12.4. The molecule has 4 N–H and O–H groups in total. The first-order valence-electron chi connectivity index (χ1n) is 7.12. The number of fused-ring (bicyclic) bond motifs is 1. The van der Waals surface area contributed by atoms with Crippen molar-refractivity contribution in [3.8, 4) is 0 Å². The third-order valence-electron chi connectivity index (χ3n) is 3.75. The second-order valence-electron chi connectivity index (χ2n) is 5.30. The molecule has 2 aromatic rings. The lowest BCUT2D eigenvalue weighted by atomic mass is 10.0. The number of anilines is 1. The van der Waals surface area contributed by atoms with Gasteiger partial charge in [0.05, 0.1) is 6.04 Å². The van der Waals surface area contributed by atoms with Gasteiger partial charge in [-0.1, -0.05) is 22.4 Å². The lowest BCUT2D eigenvalue weighted by Crippen LogP contribution is -2.43. The third kappa shape index (κ3) is 3.68. The minimum absolute atomic E-state index is 0. The van der Waals surface area contributed by atoms with Crippen molar-refractivity contribution in [2.24, 2.45) is 5.73 Å². The quantitative estimate of drug-likeness (QED) is 0.735. The summed E-state index contributed by atoms with van der Waals surface area (Å²) in [4.78, 5) is 24.0. The van der Waals surface area contributed by atoms with Gasteiger partial charge in [0.2, 0.25) is 11.7 Å². The molecule has 1 aromatic heterocycles. The average molecular weight is 403 g/mol. The summed E-state index contributed by atoms with van der Waals surface area (Å²) in [6, 6.07) is 5.05. The Labute approximate surface area is 147 Å². The van der Waals surface area contributed by atoms with Gasteiger partial charge in [-0.15, -0.1) is 12.4 Å². The van der Waals surface area contributed by atoms with E-state index >= 15 is 0 Å². The Kier molecular flexibility index (Phi) is 5.67. The van der Waals surface area contributed by atoms with Crippen molar-refractivity contribution in [2.45, 2.75) is 25.3 Å². The first-order chi connectivity index (χ1) is 10.6. The second-order valence-corrected chi connectivity index (χ2v) is 6.22. The number of nitrogens with two attached hydrogens (primary N) is 1. The highest BCUT2D eigenvalue weighted by Crippen LogP contribution is 2.33. The summed E-state index contributed by atoms with van der Waals surface area (Å²) in [7, 11) is 0. The summed E-state index contributed by atoms with van der Waals surface area (Å²) in [5, 5.41) is 6.61. The van der Waals surface area contributed by atoms with E-state index in [1.807, 2.05) is 0 Å². The zero-order valence-electron chi connectivity index (χ0n) is 12.2. The smallest absolute Gasteiger partial charge is 0.286 e. The molecular formula is C15H17BrClN3O3. The van der Waals surface area contributed by atoms with Gasteiger partial charge in [-0.05, 0) is 37.6 Å². The van der Waals surface area contributed by atoms with E-state index in [4.69, 9.17) is 10.2 Å². The van der Waals surface area contributed by atoms with Crippen molar-refractivity contribution in [1.29, 1.82) is 0 Å². The fraction of sp³-hybridized carbons (Fsp3) is 0.333. The molecule has 23 heavy (non-hydrogen) atoms. The minimum atomic E-state index is -0.709. The monoisotopic (exact) mass is 401 g/mol. The number of furan rings is 1. The second kappa shape index (κ2) is 7.33. The number of carbonyl (C=O) groups is 2. The van der Waals surface area contributed by atoms with Crippen LogP contribution in [-0.2, 0) is 4.79 Å². The first-order valence-corrected chi connectivity index (χ1v) is 7.91. The van der Waals surface area contributed by atoms with Crippen LogP contribution in [-0.4, -0.2) is 24.4 Å². The molecule has 1 fully saturated rings. The number of amides is 2. The Morgan fingerprint density at radius 2 is 2.13 bits per heavy atom. The summed E-state index contributed by atoms with van der Waals surface area (Å²) in [6.07, 6.45) is 2.85. The van der Waals surface area contributed by atoms with Crippen LogP contribution in [0.1, 0.15) is 29.8 Å². The van der Waals surface area contributed by atoms with Crippen molar-refractivity contribution < 1.29 is 14.0 Å². The normalized spacial score (nSPS) is 17.5. The lowest BCUT2D eigenvalue weighted by Gasteiger charge is -2.22. The van der Waals surface area contributed by atoms with Gasteiger partial charge in [0, 0.05) is 9.86 Å². The van der Waals surface area contributed by atoms with Crippen molar-refractivity contribution in [3.05, 3.63) is 28.4 Å². The number of carbonyl (C=O) groups excluding carboxylic acids is 2. The van der Waals surface area contributed by atoms with Gasteiger partial charge in [-0.3, -0.25) is 9.59 Å². The summed E-state index contributed by atoms with van der Waals surface area (Å²) in [5.74, 6) is -0.915. The molecule has 2 heterocycles. The van der Waals surface area contributed by atoms with Crippen molar-refractivity contribution in [2.75, 3.05) is 11.9 Å². The number of piperidine rings is 1. The van der Waals surface area contributed by atoms with Crippen LogP contribution in [0.2, 0.25) is 0 Å². The van der Waals surface area contributed by atoms with Gasteiger partial charge < -0.3 is 20.8 Å². The lowest BCUT2D eigenvalue weighted by molar-refractivity contribution is -0.118. The number of benzene rings is 1. The molecule has 1 atom stereocenters. The van der Waals surface area contributed by atoms with Crippen LogP contribution in [0.25, 0.3) is 11.0 Å². The standard InChI is InChI=1S/C15H16BrN3O3.ClH/c16-8-4-5-11-9(7-8)12(13(22-11)14(17)20)19-15(21)10-3-1-2-6-18-10;/h4-5,7,10,18H,1-3,6H2,(H2,17,20)(H,19,21);1H. The topological polar surface area (TPSA) is 97.4 Å². The van der Waals surface area contributed by atoms with E-state index < -0.39 is 5.91 Å². The molecule has 0 radical (unpaired) electrons. The highest BCUT2D eigenvalue weighted by molar-refractivity contribution is 9.10. The predicted octanol–water partition coefficient (Wildman–Crippen LogP) is 2.80. The highest BCUT2D eigenvalue weighted by atomic mass is 79.9. The summed E-state index contributed by atoms with van der Waals surface area (Å²) < 4.78 is 6.30. The molecule has 0 spiro atoms. The Balaban J connectivity index is 0.00000192. The van der Waals surface area contributed by atoms with Gasteiger partial charge in [0.25, 0.3) is 5.91 Å². The molecule has 0 bridgehead atoms. The summed E-state index contributed by atoms with van der Waals surface area (Å²) in [5.41, 5.74) is 6.20. The fourth-order valence-corrected chi connectivity index (χ4v) is 3.01. The maximum Gasteiger partial charge on any atom is 0.286 e. The molecular weight excluding hydrogens is 386 g/mol. The minimum Gasteiger partial charge on any atom is -0.449 e. The first kappa shape index (κ1) is 17.8. The van der Waals surface area contributed by atoms with Crippen LogP contribution >= 0.6 is 28.3 Å². The van der Waals surface area contributed by atoms with E-state index in [1.54, 1.807) is 18.2 Å². The molecule has 1 aromatic carbocycles. The Morgan fingerprint density at radius 1 is 1.35 bits per heavy atom. The van der Waals surface area contributed by atoms with E-state index in [2.05, 4.69) is 26.6 Å². The number of nitrogens with one attached hydrogen (secondary N) is 2. The van der Waals surface area contributed by atoms with E-state index in [9.17, 15) is 9.59 Å². The van der Waals surface area contributed by atoms with Crippen LogP contribution < -0.4 is 16.4 Å². The zero-order chi connectivity index (χ0) is 15.7. The Morgan fingerprint density at radius 3 is 2.78 bits per heavy atom. The Bertz CT molecular complexity index is 741. The van der Waals surface area contributed by atoms with Gasteiger partial charge in [-0.25, -0.2) is 0 Å². The number of hydrogen-bond acceptors (Lipinski definition) is 4. The van der Waals surface area contributed by atoms with Crippen molar-refractivity contribution in [1.82, 2.24) is 5.32 Å². The van der Waals surface area contributed by atoms with Crippen molar-refractivity contribution in [3.63, 3.8) is 0 Å². The van der Waals surface area contributed by atoms with Gasteiger partial charge in [0.1, 0.15) is 11.3 Å². The summed E-state index contributed by atoms with van der Waals surface area (Å²) in [6.45, 7) is 0.818.